The number of benzene rings is 1. The fraction of sp³-hybridized carbons (Fsp3) is 0.462. The summed E-state index contributed by atoms with van der Waals surface area (Å²) in [5.41, 5.74) is 0.711. The summed E-state index contributed by atoms with van der Waals surface area (Å²) in [4.78, 5) is 13.1. The molecule has 0 spiro atoms. The number of hydrogen-bond acceptors (Lipinski definition) is 2. The second kappa shape index (κ2) is 4.23. The molecule has 0 saturated heterocycles. The molecule has 1 aliphatic carbocycles. The molecule has 0 aromatic heterocycles. The van der Waals surface area contributed by atoms with Gasteiger partial charge in [0.2, 0.25) is 5.91 Å². The number of phenolic OH excluding ortho intramolecular Hbond substituents is 1. The first-order valence-corrected chi connectivity index (χ1v) is 5.74. The summed E-state index contributed by atoms with van der Waals surface area (Å²) in [5.74, 6) is -5.39. The first kappa shape index (κ1) is 12.8. The van der Waals surface area contributed by atoms with Gasteiger partial charge in [-0.15, -0.1) is 0 Å². The lowest BCUT2D eigenvalue weighted by molar-refractivity contribution is -0.134. The lowest BCUT2D eigenvalue weighted by Crippen LogP contribution is -2.29. The van der Waals surface area contributed by atoms with Crippen LogP contribution in [-0.2, 0) is 11.3 Å². The van der Waals surface area contributed by atoms with Crippen LogP contribution in [0.3, 0.4) is 0 Å². The van der Waals surface area contributed by atoms with Crippen molar-refractivity contribution >= 4 is 5.91 Å². The monoisotopic (exact) mass is 255 g/mol. The molecule has 18 heavy (non-hydrogen) atoms. The Hall–Kier alpha value is -1.65. The normalized spacial score (nSPS) is 24.7. The van der Waals surface area contributed by atoms with Crippen molar-refractivity contribution < 1.29 is 18.7 Å². The zero-order chi connectivity index (χ0) is 13.5. The van der Waals surface area contributed by atoms with Gasteiger partial charge in [0.1, 0.15) is 11.7 Å². The zero-order valence-corrected chi connectivity index (χ0v) is 10.2. The number of aromatic hydroxyl groups is 1. The van der Waals surface area contributed by atoms with Crippen LogP contribution in [0.15, 0.2) is 24.3 Å². The Labute approximate surface area is 104 Å². The fourth-order valence-corrected chi connectivity index (χ4v) is 2.10. The quantitative estimate of drug-likeness (QED) is 0.900. The highest BCUT2D eigenvalue weighted by Gasteiger charge is 2.69. The van der Waals surface area contributed by atoms with Crippen LogP contribution in [0.25, 0.3) is 0 Å². The van der Waals surface area contributed by atoms with Gasteiger partial charge < -0.3 is 10.0 Å². The Morgan fingerprint density at radius 1 is 1.50 bits per heavy atom. The van der Waals surface area contributed by atoms with E-state index in [2.05, 4.69) is 0 Å². The van der Waals surface area contributed by atoms with Crippen molar-refractivity contribution in [3.63, 3.8) is 0 Å². The largest absolute Gasteiger partial charge is 0.508 e. The van der Waals surface area contributed by atoms with Gasteiger partial charge in [-0.3, -0.25) is 4.79 Å². The predicted octanol–water partition coefficient (Wildman–Crippen LogP) is 2.25. The van der Waals surface area contributed by atoms with Crippen molar-refractivity contribution in [1.82, 2.24) is 4.90 Å². The lowest BCUT2D eigenvalue weighted by Gasteiger charge is -2.17. The molecule has 0 unspecified atom stereocenters. The van der Waals surface area contributed by atoms with Crippen LogP contribution < -0.4 is 0 Å². The molecular weight excluding hydrogens is 240 g/mol. The average Bonchev–Trinajstić information content (AvgIpc) is 2.77. The van der Waals surface area contributed by atoms with E-state index < -0.39 is 23.7 Å². The molecule has 2 rings (SSSR count). The number of carbonyl (C=O) groups excluding carboxylic acids is 1. The first-order chi connectivity index (χ1) is 8.34. The van der Waals surface area contributed by atoms with Gasteiger partial charge in [0, 0.05) is 19.5 Å². The van der Waals surface area contributed by atoms with Crippen molar-refractivity contribution in [2.75, 3.05) is 7.05 Å². The molecule has 2 atom stereocenters. The second-order valence-electron chi connectivity index (χ2n) is 4.81. The molecule has 1 aromatic carbocycles. The number of halogens is 2. The molecule has 3 nitrogen and oxygen atoms in total. The number of amides is 1. The van der Waals surface area contributed by atoms with Crippen molar-refractivity contribution in [3.8, 4) is 5.75 Å². The average molecular weight is 255 g/mol. The minimum Gasteiger partial charge on any atom is -0.508 e. The molecular formula is C13H15F2NO2. The van der Waals surface area contributed by atoms with Crippen LogP contribution in [0.4, 0.5) is 8.78 Å². The molecule has 1 aromatic rings. The molecule has 1 N–H and O–H groups in total. The molecule has 5 heteroatoms. The van der Waals surface area contributed by atoms with Crippen LogP contribution in [-0.4, -0.2) is 28.9 Å². The molecule has 0 radical (unpaired) electrons. The standard InChI is InChI=1S/C13H15F2NO2/c1-8-11(13(8,14)15)12(18)16(2)7-9-4-3-5-10(17)6-9/h3-6,8,11,17H,7H2,1-2H3/t8-,11+/m1/s1. The number of phenols is 1. The molecule has 1 fully saturated rings. The maximum Gasteiger partial charge on any atom is 0.263 e. The van der Waals surface area contributed by atoms with Gasteiger partial charge in [-0.05, 0) is 17.7 Å². The van der Waals surface area contributed by atoms with Crippen LogP contribution in [0.2, 0.25) is 0 Å². The highest BCUT2D eigenvalue weighted by atomic mass is 19.3. The summed E-state index contributed by atoms with van der Waals surface area (Å²) < 4.78 is 26.2. The number of nitrogens with zero attached hydrogens (tertiary/aromatic N) is 1. The summed E-state index contributed by atoms with van der Waals surface area (Å²) in [7, 11) is 1.49. The topological polar surface area (TPSA) is 40.5 Å². The van der Waals surface area contributed by atoms with E-state index in [4.69, 9.17) is 0 Å². The van der Waals surface area contributed by atoms with E-state index in [9.17, 15) is 18.7 Å². The Bertz CT molecular complexity index is 476. The third-order valence-corrected chi connectivity index (χ3v) is 3.39. The van der Waals surface area contributed by atoms with Gasteiger partial charge >= 0.3 is 0 Å². The molecule has 1 saturated carbocycles. The van der Waals surface area contributed by atoms with Gasteiger partial charge in [-0.2, -0.15) is 0 Å². The van der Waals surface area contributed by atoms with Gasteiger partial charge in [0.05, 0.1) is 0 Å². The Balaban J connectivity index is 2.01. The molecule has 0 bridgehead atoms. The summed E-state index contributed by atoms with van der Waals surface area (Å²) >= 11 is 0. The molecule has 0 heterocycles. The highest BCUT2D eigenvalue weighted by Crippen LogP contribution is 2.55. The van der Waals surface area contributed by atoms with Gasteiger partial charge in [-0.25, -0.2) is 8.78 Å². The minimum absolute atomic E-state index is 0.0958. The van der Waals surface area contributed by atoms with E-state index in [-0.39, 0.29) is 12.3 Å². The van der Waals surface area contributed by atoms with Gasteiger partial charge in [0.15, 0.2) is 0 Å². The highest BCUT2D eigenvalue weighted by molar-refractivity contribution is 5.83. The number of carbonyl (C=O) groups is 1. The smallest absolute Gasteiger partial charge is 0.263 e. The first-order valence-electron chi connectivity index (χ1n) is 5.74. The second-order valence-corrected chi connectivity index (χ2v) is 4.81. The number of rotatable bonds is 3. The van der Waals surface area contributed by atoms with Gasteiger partial charge in [-0.1, -0.05) is 19.1 Å². The number of alkyl halides is 2. The maximum absolute atomic E-state index is 13.1. The molecule has 0 aliphatic heterocycles. The van der Waals surface area contributed by atoms with E-state index >= 15 is 0 Å². The van der Waals surface area contributed by atoms with E-state index in [0.717, 1.165) is 0 Å². The van der Waals surface area contributed by atoms with Crippen molar-refractivity contribution in [3.05, 3.63) is 29.8 Å². The van der Waals surface area contributed by atoms with E-state index in [0.29, 0.717) is 5.56 Å². The third kappa shape index (κ3) is 2.17. The lowest BCUT2D eigenvalue weighted by atomic mass is 10.2. The zero-order valence-electron chi connectivity index (χ0n) is 10.2. The Morgan fingerprint density at radius 3 is 2.61 bits per heavy atom. The van der Waals surface area contributed by atoms with Crippen molar-refractivity contribution in [1.29, 1.82) is 0 Å². The fourth-order valence-electron chi connectivity index (χ4n) is 2.10. The Morgan fingerprint density at radius 2 is 2.11 bits per heavy atom. The molecule has 1 aliphatic rings. The summed E-state index contributed by atoms with van der Waals surface area (Å²) in [6.45, 7) is 1.59. The predicted molar refractivity (Wildman–Crippen MR) is 62.2 cm³/mol. The van der Waals surface area contributed by atoms with Crippen LogP contribution in [0.5, 0.6) is 5.75 Å². The Kier molecular flexibility index (Phi) is 3.00. The summed E-state index contributed by atoms with van der Waals surface area (Å²) in [5, 5.41) is 9.29. The number of hydrogen-bond donors (Lipinski definition) is 1. The van der Waals surface area contributed by atoms with E-state index in [1.807, 2.05) is 0 Å². The van der Waals surface area contributed by atoms with E-state index in [1.54, 1.807) is 12.1 Å². The summed E-state index contributed by atoms with van der Waals surface area (Å²) in [6, 6.07) is 6.41. The van der Waals surface area contributed by atoms with Crippen LogP contribution >= 0.6 is 0 Å². The van der Waals surface area contributed by atoms with Crippen molar-refractivity contribution in [2.24, 2.45) is 11.8 Å². The van der Waals surface area contributed by atoms with Crippen molar-refractivity contribution in [2.45, 2.75) is 19.4 Å². The third-order valence-electron chi connectivity index (χ3n) is 3.39. The summed E-state index contributed by atoms with van der Waals surface area (Å²) in [6.07, 6.45) is 0. The minimum atomic E-state index is -2.87. The maximum atomic E-state index is 13.1. The molecule has 1 amide bonds. The molecule has 98 valence electrons. The van der Waals surface area contributed by atoms with E-state index in [1.165, 1.54) is 31.0 Å². The van der Waals surface area contributed by atoms with Crippen LogP contribution in [0.1, 0.15) is 12.5 Å². The SMILES string of the molecule is C[C@@H]1[C@@H](C(=O)N(C)Cc2cccc(O)c2)C1(F)F. The van der Waals surface area contributed by atoms with Gasteiger partial charge in [0.25, 0.3) is 5.92 Å². The van der Waals surface area contributed by atoms with Crippen LogP contribution in [0, 0.1) is 11.8 Å².